The van der Waals surface area contributed by atoms with Gasteiger partial charge in [-0.2, -0.15) is 0 Å². The van der Waals surface area contributed by atoms with Gasteiger partial charge in [0.25, 0.3) is 5.91 Å². The first kappa shape index (κ1) is 14.6. The Bertz CT molecular complexity index is 557. The van der Waals surface area contributed by atoms with Gasteiger partial charge in [0.1, 0.15) is 0 Å². The molecule has 0 radical (unpaired) electrons. The zero-order chi connectivity index (χ0) is 14.5. The highest BCUT2D eigenvalue weighted by molar-refractivity contribution is 5.97. The first-order valence-electron chi connectivity index (χ1n) is 6.85. The van der Waals surface area contributed by atoms with Gasteiger partial charge in [-0.15, -0.1) is 0 Å². The van der Waals surface area contributed by atoms with Gasteiger partial charge in [-0.25, -0.2) is 0 Å². The van der Waals surface area contributed by atoms with Gasteiger partial charge in [0.05, 0.1) is 12.1 Å². The fourth-order valence-electron chi connectivity index (χ4n) is 2.43. The normalized spacial score (nSPS) is 17.8. The lowest BCUT2D eigenvalue weighted by Gasteiger charge is -2.17. The second kappa shape index (κ2) is 6.56. The summed E-state index contributed by atoms with van der Waals surface area (Å²) in [5, 5.41) is 9.17. The summed E-state index contributed by atoms with van der Waals surface area (Å²) < 4.78 is 0. The summed E-state index contributed by atoms with van der Waals surface area (Å²) in [7, 11) is 0. The average molecular weight is 272 g/mol. The lowest BCUT2D eigenvalue weighted by molar-refractivity contribution is 0.0781. The van der Waals surface area contributed by atoms with Crippen LogP contribution in [0.3, 0.4) is 0 Å². The van der Waals surface area contributed by atoms with Crippen molar-refractivity contribution in [3.63, 3.8) is 0 Å². The molecular weight excluding hydrogens is 252 g/mol. The molecule has 4 heteroatoms. The Labute approximate surface area is 119 Å². The van der Waals surface area contributed by atoms with E-state index < -0.39 is 0 Å². The molecule has 1 saturated heterocycles. The minimum absolute atomic E-state index is 0.0118. The second-order valence-electron chi connectivity index (χ2n) is 5.14. The second-order valence-corrected chi connectivity index (χ2v) is 5.14. The molecule has 0 aromatic heterocycles. The SMILES string of the molecule is Cc1ccc(C(=O)N2CCC(CO)C2)c(C#CCN)c1. The highest BCUT2D eigenvalue weighted by Gasteiger charge is 2.27. The maximum Gasteiger partial charge on any atom is 0.255 e. The van der Waals surface area contributed by atoms with Crippen LogP contribution in [0.15, 0.2) is 18.2 Å². The zero-order valence-corrected chi connectivity index (χ0v) is 11.7. The fraction of sp³-hybridized carbons (Fsp3) is 0.438. The first-order valence-corrected chi connectivity index (χ1v) is 6.85. The van der Waals surface area contributed by atoms with Crippen molar-refractivity contribution in [2.24, 2.45) is 11.7 Å². The van der Waals surface area contributed by atoms with Crippen molar-refractivity contribution < 1.29 is 9.90 Å². The van der Waals surface area contributed by atoms with E-state index in [0.717, 1.165) is 17.5 Å². The van der Waals surface area contributed by atoms with E-state index >= 15 is 0 Å². The number of carbonyl (C=O) groups excluding carboxylic acids is 1. The predicted octanol–water partition coefficient (Wildman–Crippen LogP) is 0.760. The van der Waals surface area contributed by atoms with Crippen LogP contribution in [0.4, 0.5) is 0 Å². The van der Waals surface area contributed by atoms with Gasteiger partial charge in [-0.1, -0.05) is 17.9 Å². The molecule has 1 fully saturated rings. The Morgan fingerprint density at radius 1 is 1.55 bits per heavy atom. The third-order valence-electron chi connectivity index (χ3n) is 3.56. The quantitative estimate of drug-likeness (QED) is 0.781. The molecule has 1 aromatic rings. The number of amides is 1. The number of carbonyl (C=O) groups is 1. The molecule has 20 heavy (non-hydrogen) atoms. The summed E-state index contributed by atoms with van der Waals surface area (Å²) in [5.41, 5.74) is 7.82. The molecule has 0 spiro atoms. The number of hydrogen-bond acceptors (Lipinski definition) is 3. The summed E-state index contributed by atoms with van der Waals surface area (Å²) in [6, 6.07) is 5.65. The molecule has 1 aromatic carbocycles. The summed E-state index contributed by atoms with van der Waals surface area (Å²) >= 11 is 0. The maximum atomic E-state index is 12.5. The molecule has 2 rings (SSSR count). The fourth-order valence-corrected chi connectivity index (χ4v) is 2.43. The monoisotopic (exact) mass is 272 g/mol. The third kappa shape index (κ3) is 3.19. The summed E-state index contributed by atoms with van der Waals surface area (Å²) in [6.45, 7) is 3.70. The van der Waals surface area contributed by atoms with Crippen LogP contribution in [-0.4, -0.2) is 42.2 Å². The van der Waals surface area contributed by atoms with Crippen molar-refractivity contribution in [1.29, 1.82) is 0 Å². The average Bonchev–Trinajstić information content (AvgIpc) is 2.93. The molecule has 106 valence electrons. The van der Waals surface area contributed by atoms with Crippen molar-refractivity contribution >= 4 is 5.91 Å². The largest absolute Gasteiger partial charge is 0.396 e. The summed E-state index contributed by atoms with van der Waals surface area (Å²) in [5.74, 6) is 5.96. The van der Waals surface area contributed by atoms with E-state index in [0.29, 0.717) is 18.7 Å². The van der Waals surface area contributed by atoms with Gasteiger partial charge in [-0.3, -0.25) is 4.79 Å². The van der Waals surface area contributed by atoms with E-state index in [-0.39, 0.29) is 25.0 Å². The van der Waals surface area contributed by atoms with Crippen LogP contribution in [0.25, 0.3) is 0 Å². The van der Waals surface area contributed by atoms with Gasteiger partial charge in [0.2, 0.25) is 0 Å². The van der Waals surface area contributed by atoms with E-state index in [1.807, 2.05) is 25.1 Å². The molecule has 1 amide bonds. The molecular formula is C16H20N2O2. The van der Waals surface area contributed by atoms with Crippen LogP contribution in [0.1, 0.15) is 27.9 Å². The van der Waals surface area contributed by atoms with Crippen LogP contribution in [-0.2, 0) is 0 Å². The van der Waals surface area contributed by atoms with Gasteiger partial charge < -0.3 is 15.7 Å². The number of likely N-dealkylation sites (tertiary alicyclic amines) is 1. The first-order chi connectivity index (χ1) is 9.65. The molecule has 1 unspecified atom stereocenters. The third-order valence-corrected chi connectivity index (χ3v) is 3.56. The number of nitrogens with zero attached hydrogens (tertiary/aromatic N) is 1. The zero-order valence-electron chi connectivity index (χ0n) is 11.7. The molecule has 1 aliphatic rings. The van der Waals surface area contributed by atoms with Crippen molar-refractivity contribution in [2.45, 2.75) is 13.3 Å². The number of hydrogen-bond donors (Lipinski definition) is 2. The van der Waals surface area contributed by atoms with Gasteiger partial charge in [0, 0.05) is 31.2 Å². The van der Waals surface area contributed by atoms with E-state index in [4.69, 9.17) is 10.8 Å². The maximum absolute atomic E-state index is 12.5. The van der Waals surface area contributed by atoms with Gasteiger partial charge in [0.15, 0.2) is 0 Å². The Morgan fingerprint density at radius 2 is 2.35 bits per heavy atom. The van der Waals surface area contributed by atoms with Crippen molar-refractivity contribution in [3.05, 3.63) is 34.9 Å². The number of rotatable bonds is 2. The molecule has 3 N–H and O–H groups in total. The van der Waals surface area contributed by atoms with Crippen LogP contribution in [0.2, 0.25) is 0 Å². The highest BCUT2D eigenvalue weighted by Crippen LogP contribution is 2.20. The Balaban J connectivity index is 2.25. The predicted molar refractivity (Wildman–Crippen MR) is 78.2 cm³/mol. The standard InChI is InChI=1S/C16H20N2O2/c1-12-4-5-15(14(9-12)3-2-7-17)16(20)18-8-6-13(10-18)11-19/h4-5,9,13,19H,6-8,10-11,17H2,1H3. The Hall–Kier alpha value is -1.83. The van der Waals surface area contributed by atoms with E-state index in [1.165, 1.54) is 0 Å². The minimum atomic E-state index is -0.0118. The smallest absolute Gasteiger partial charge is 0.255 e. The summed E-state index contributed by atoms with van der Waals surface area (Å²) in [6.07, 6.45) is 0.859. The molecule has 0 bridgehead atoms. The lowest BCUT2D eigenvalue weighted by atomic mass is 10.0. The number of aliphatic hydroxyl groups is 1. The van der Waals surface area contributed by atoms with Crippen molar-refractivity contribution in [1.82, 2.24) is 4.90 Å². The lowest BCUT2D eigenvalue weighted by Crippen LogP contribution is -2.29. The van der Waals surface area contributed by atoms with Crippen molar-refractivity contribution in [2.75, 3.05) is 26.2 Å². The Morgan fingerprint density at radius 3 is 3.00 bits per heavy atom. The molecule has 1 heterocycles. The van der Waals surface area contributed by atoms with Crippen LogP contribution < -0.4 is 5.73 Å². The molecule has 4 nitrogen and oxygen atoms in total. The van der Waals surface area contributed by atoms with E-state index in [1.54, 1.807) is 4.90 Å². The molecule has 1 atom stereocenters. The molecule has 0 aliphatic carbocycles. The molecule has 0 saturated carbocycles. The Kier molecular flexibility index (Phi) is 4.78. The van der Waals surface area contributed by atoms with Crippen LogP contribution in [0, 0.1) is 24.7 Å². The van der Waals surface area contributed by atoms with Gasteiger partial charge in [-0.05, 0) is 31.0 Å². The van der Waals surface area contributed by atoms with Crippen molar-refractivity contribution in [3.8, 4) is 11.8 Å². The van der Waals surface area contributed by atoms with Crippen LogP contribution in [0.5, 0.6) is 0 Å². The number of benzene rings is 1. The van der Waals surface area contributed by atoms with E-state index in [9.17, 15) is 4.79 Å². The molecule has 1 aliphatic heterocycles. The topological polar surface area (TPSA) is 66.6 Å². The van der Waals surface area contributed by atoms with Crippen LogP contribution >= 0.6 is 0 Å². The number of aliphatic hydroxyl groups excluding tert-OH is 1. The van der Waals surface area contributed by atoms with Gasteiger partial charge >= 0.3 is 0 Å². The number of aryl methyl sites for hydroxylation is 1. The minimum Gasteiger partial charge on any atom is -0.396 e. The number of nitrogens with two attached hydrogens (primary N) is 1. The highest BCUT2D eigenvalue weighted by atomic mass is 16.3. The van der Waals surface area contributed by atoms with E-state index in [2.05, 4.69) is 11.8 Å². The summed E-state index contributed by atoms with van der Waals surface area (Å²) in [4.78, 5) is 14.3.